The molecule has 0 spiro atoms. The number of nitrogens with one attached hydrogen (secondary N) is 1. The minimum atomic E-state index is -1.17. The fourth-order valence-electron chi connectivity index (χ4n) is 2.25. The number of carbonyl (C=O) groups excluding carboxylic acids is 1. The lowest BCUT2D eigenvalue weighted by atomic mass is 10.2. The average molecular weight is 293 g/mol. The highest BCUT2D eigenvalue weighted by Gasteiger charge is 2.07. The molecule has 1 aromatic rings. The number of ether oxygens (including phenoxy) is 1. The summed E-state index contributed by atoms with van der Waals surface area (Å²) in [4.78, 5) is 12.4. The molecule has 0 aliphatic heterocycles. The van der Waals surface area contributed by atoms with E-state index >= 15 is 0 Å². The molecule has 118 valence electrons. The van der Waals surface area contributed by atoms with Crippen molar-refractivity contribution >= 4 is 5.97 Å². The monoisotopic (exact) mass is 293 g/mol. The van der Waals surface area contributed by atoms with Gasteiger partial charge in [-0.25, -0.2) is 0 Å². The van der Waals surface area contributed by atoms with Crippen molar-refractivity contribution in [2.24, 2.45) is 0 Å². The van der Waals surface area contributed by atoms with Crippen molar-refractivity contribution in [3.63, 3.8) is 0 Å². The first-order chi connectivity index (χ1) is 10.2. The van der Waals surface area contributed by atoms with Crippen molar-refractivity contribution in [2.45, 2.75) is 39.5 Å². The third kappa shape index (κ3) is 7.14. The van der Waals surface area contributed by atoms with E-state index in [4.69, 9.17) is 4.74 Å². The van der Waals surface area contributed by atoms with Gasteiger partial charge in [0.1, 0.15) is 18.9 Å². The molecule has 0 atom stereocenters. The van der Waals surface area contributed by atoms with Crippen molar-refractivity contribution in [1.29, 1.82) is 0 Å². The molecule has 1 N–H and O–H groups in total. The van der Waals surface area contributed by atoms with Crippen LogP contribution in [0, 0.1) is 0 Å². The molecular weight excluding hydrogens is 266 g/mol. The summed E-state index contributed by atoms with van der Waals surface area (Å²) in [6.07, 6.45) is 4.90. The number of hydrogen-bond acceptors (Lipinski definition) is 3. The van der Waals surface area contributed by atoms with Crippen molar-refractivity contribution in [3.05, 3.63) is 29.8 Å². The van der Waals surface area contributed by atoms with Crippen molar-refractivity contribution in [3.8, 4) is 5.75 Å². The van der Waals surface area contributed by atoms with Gasteiger partial charge in [0.25, 0.3) is 0 Å². The number of quaternary nitrogens is 1. The van der Waals surface area contributed by atoms with Crippen LogP contribution >= 0.6 is 0 Å². The van der Waals surface area contributed by atoms with Gasteiger partial charge in [0.15, 0.2) is 0 Å². The molecule has 0 saturated heterocycles. The largest absolute Gasteiger partial charge is 0.545 e. The molecule has 1 rings (SSSR count). The van der Waals surface area contributed by atoms with Crippen LogP contribution in [0.2, 0.25) is 0 Å². The second-order valence-corrected chi connectivity index (χ2v) is 5.37. The number of carboxylic acid groups (broad SMARTS) is 1. The standard InChI is InChI=1S/C17H27NO3/c1-3-5-10-18(11-6-4-2)12-13-21-16-9-7-8-15(14-16)17(19)20/h7-9,14H,3-6,10-13H2,1-2H3,(H,19,20). The van der Waals surface area contributed by atoms with Gasteiger partial charge < -0.3 is 19.5 Å². The quantitative estimate of drug-likeness (QED) is 0.660. The van der Waals surface area contributed by atoms with Crippen LogP contribution < -0.4 is 14.7 Å². The molecule has 0 aromatic heterocycles. The Labute approximate surface area is 127 Å². The molecule has 0 fully saturated rings. The van der Waals surface area contributed by atoms with E-state index in [1.165, 1.54) is 50.9 Å². The molecule has 21 heavy (non-hydrogen) atoms. The maximum atomic E-state index is 10.8. The molecule has 0 saturated carbocycles. The first-order valence-corrected chi connectivity index (χ1v) is 7.95. The third-order valence-corrected chi connectivity index (χ3v) is 3.56. The topological polar surface area (TPSA) is 53.8 Å². The van der Waals surface area contributed by atoms with Crippen LogP contribution in [-0.2, 0) is 0 Å². The Hall–Kier alpha value is -1.55. The molecule has 4 heteroatoms. The van der Waals surface area contributed by atoms with Gasteiger partial charge in [0.05, 0.1) is 19.1 Å². The van der Waals surface area contributed by atoms with Crippen LogP contribution in [0.3, 0.4) is 0 Å². The zero-order valence-corrected chi connectivity index (χ0v) is 13.2. The Morgan fingerprint density at radius 3 is 2.38 bits per heavy atom. The van der Waals surface area contributed by atoms with E-state index < -0.39 is 5.97 Å². The summed E-state index contributed by atoms with van der Waals surface area (Å²) in [7, 11) is 0. The van der Waals surface area contributed by atoms with E-state index in [1.807, 2.05) is 0 Å². The number of hydrogen-bond donors (Lipinski definition) is 1. The van der Waals surface area contributed by atoms with Gasteiger partial charge in [-0.15, -0.1) is 0 Å². The maximum absolute atomic E-state index is 10.8. The van der Waals surface area contributed by atoms with E-state index in [2.05, 4.69) is 13.8 Å². The molecular formula is C17H27NO3. The van der Waals surface area contributed by atoms with Gasteiger partial charge in [-0.2, -0.15) is 0 Å². The molecule has 0 radical (unpaired) electrons. The van der Waals surface area contributed by atoms with Gasteiger partial charge in [-0.3, -0.25) is 0 Å². The second-order valence-electron chi connectivity index (χ2n) is 5.37. The number of unbranched alkanes of at least 4 members (excludes halogenated alkanes) is 2. The Kier molecular flexibility index (Phi) is 8.51. The lowest BCUT2D eigenvalue weighted by molar-refractivity contribution is -0.900. The Morgan fingerprint density at radius 1 is 1.14 bits per heavy atom. The molecule has 0 bridgehead atoms. The summed E-state index contributed by atoms with van der Waals surface area (Å²) >= 11 is 0. The molecule has 0 aliphatic rings. The molecule has 0 unspecified atom stereocenters. The predicted octanol–water partition coefficient (Wildman–Crippen LogP) is 0.914. The molecule has 4 nitrogen and oxygen atoms in total. The third-order valence-electron chi connectivity index (χ3n) is 3.56. The summed E-state index contributed by atoms with van der Waals surface area (Å²) < 4.78 is 5.68. The van der Waals surface area contributed by atoms with E-state index in [0.717, 1.165) is 6.54 Å². The summed E-state index contributed by atoms with van der Waals surface area (Å²) in [6, 6.07) is 6.50. The number of carboxylic acids is 1. The SMILES string of the molecule is CCCC[NH+](CCCC)CCOc1cccc(C(=O)[O-])c1. The van der Waals surface area contributed by atoms with Gasteiger partial charge in [-0.05, 0) is 25.0 Å². The minimum absolute atomic E-state index is 0.161. The van der Waals surface area contributed by atoms with Crippen LogP contribution in [0.4, 0.5) is 0 Å². The summed E-state index contributed by atoms with van der Waals surface area (Å²) in [5, 5.41) is 10.8. The number of benzene rings is 1. The van der Waals surface area contributed by atoms with Crippen LogP contribution in [-0.4, -0.2) is 32.2 Å². The second kappa shape index (κ2) is 10.2. The number of rotatable bonds is 11. The molecule has 0 amide bonds. The lowest BCUT2D eigenvalue weighted by Crippen LogP contribution is -3.12. The van der Waals surface area contributed by atoms with Crippen molar-refractivity contribution in [1.82, 2.24) is 0 Å². The Bertz CT molecular complexity index is 412. The minimum Gasteiger partial charge on any atom is -0.545 e. The van der Waals surface area contributed by atoms with Crippen molar-refractivity contribution < 1.29 is 19.5 Å². The normalized spacial score (nSPS) is 10.8. The highest BCUT2D eigenvalue weighted by atomic mass is 16.5. The fourth-order valence-corrected chi connectivity index (χ4v) is 2.25. The number of aromatic carboxylic acids is 1. The average Bonchev–Trinajstić information content (AvgIpc) is 2.49. The summed E-state index contributed by atoms with van der Waals surface area (Å²) in [6.45, 7) is 8.34. The molecule has 0 aliphatic carbocycles. The van der Waals surface area contributed by atoms with Gasteiger partial charge >= 0.3 is 0 Å². The van der Waals surface area contributed by atoms with Crippen LogP contribution in [0.1, 0.15) is 49.9 Å². The van der Waals surface area contributed by atoms with E-state index in [1.54, 1.807) is 17.0 Å². The summed E-state index contributed by atoms with van der Waals surface area (Å²) in [5.41, 5.74) is 0.161. The number of carbonyl (C=O) groups is 1. The van der Waals surface area contributed by atoms with Crippen molar-refractivity contribution in [2.75, 3.05) is 26.2 Å². The first kappa shape index (κ1) is 17.5. The molecule has 1 aromatic carbocycles. The van der Waals surface area contributed by atoms with Gasteiger partial charge in [0.2, 0.25) is 0 Å². The molecule has 0 heterocycles. The lowest BCUT2D eigenvalue weighted by Gasteiger charge is -2.19. The van der Waals surface area contributed by atoms with Gasteiger partial charge in [0, 0.05) is 5.56 Å². The smallest absolute Gasteiger partial charge is 0.137 e. The highest BCUT2D eigenvalue weighted by molar-refractivity contribution is 5.86. The van der Waals surface area contributed by atoms with Crippen LogP contribution in [0.25, 0.3) is 0 Å². The Morgan fingerprint density at radius 2 is 1.81 bits per heavy atom. The zero-order valence-electron chi connectivity index (χ0n) is 13.2. The van der Waals surface area contributed by atoms with Crippen LogP contribution in [0.15, 0.2) is 24.3 Å². The first-order valence-electron chi connectivity index (χ1n) is 7.95. The highest BCUT2D eigenvalue weighted by Crippen LogP contribution is 2.12. The van der Waals surface area contributed by atoms with E-state index in [0.29, 0.717) is 12.4 Å². The van der Waals surface area contributed by atoms with E-state index in [-0.39, 0.29) is 5.56 Å². The van der Waals surface area contributed by atoms with E-state index in [9.17, 15) is 9.90 Å². The van der Waals surface area contributed by atoms with Gasteiger partial charge in [-0.1, -0.05) is 38.8 Å². The Balaban J connectivity index is 2.41. The summed E-state index contributed by atoms with van der Waals surface area (Å²) in [5.74, 6) is -0.569. The maximum Gasteiger partial charge on any atom is 0.137 e. The van der Waals surface area contributed by atoms with Crippen LogP contribution in [0.5, 0.6) is 5.75 Å². The zero-order chi connectivity index (χ0) is 15.5. The predicted molar refractivity (Wildman–Crippen MR) is 81.6 cm³/mol. The fraction of sp³-hybridized carbons (Fsp3) is 0.588.